The number of carbonyl (C=O) groups excluding carboxylic acids is 1. The van der Waals surface area contributed by atoms with Gasteiger partial charge in [-0.25, -0.2) is 4.39 Å². The summed E-state index contributed by atoms with van der Waals surface area (Å²) >= 11 is 0. The molecule has 0 atom stereocenters. The molecule has 0 radical (unpaired) electrons. The maximum atomic E-state index is 13.2. The van der Waals surface area contributed by atoms with Crippen LogP contribution in [0, 0.1) is 24.1 Å². The summed E-state index contributed by atoms with van der Waals surface area (Å²) < 4.78 is 13.2. The zero-order valence-electron chi connectivity index (χ0n) is 7.98. The van der Waals surface area contributed by atoms with Crippen molar-refractivity contribution < 1.29 is 9.18 Å². The van der Waals surface area contributed by atoms with Crippen LogP contribution < -0.4 is 0 Å². The third-order valence-corrected chi connectivity index (χ3v) is 2.41. The zero-order valence-corrected chi connectivity index (χ0v) is 7.98. The lowest BCUT2D eigenvalue weighted by Crippen LogP contribution is -2.49. The Hall–Kier alpha value is -1.89. The summed E-state index contributed by atoms with van der Waals surface area (Å²) in [6.07, 6.45) is 7.62. The highest BCUT2D eigenvalue weighted by molar-refractivity contribution is 5.94. The van der Waals surface area contributed by atoms with Gasteiger partial charge >= 0.3 is 0 Å². The summed E-state index contributed by atoms with van der Waals surface area (Å²) in [5, 5.41) is 0. The van der Waals surface area contributed by atoms with E-state index in [1.807, 2.05) is 0 Å². The highest BCUT2D eigenvalue weighted by Crippen LogP contribution is 2.18. The lowest BCUT2D eigenvalue weighted by Gasteiger charge is -2.36. The fraction of sp³-hybridized carbons (Fsp3) is 0.273. The van der Waals surface area contributed by atoms with Gasteiger partial charge < -0.3 is 4.90 Å². The van der Waals surface area contributed by atoms with Gasteiger partial charge in [0.25, 0.3) is 5.91 Å². The molecule has 0 saturated carbocycles. The molecule has 1 aliphatic heterocycles. The highest BCUT2D eigenvalue weighted by Gasteiger charge is 2.30. The molecule has 1 amide bonds. The molecular weight excluding hydrogens is 195 g/mol. The van der Waals surface area contributed by atoms with E-state index in [0.717, 1.165) is 6.20 Å². The van der Waals surface area contributed by atoms with Gasteiger partial charge in [-0.2, -0.15) is 0 Å². The maximum absolute atomic E-state index is 13.2. The molecule has 1 aromatic rings. The maximum Gasteiger partial charge on any atom is 0.257 e. The van der Waals surface area contributed by atoms with Gasteiger partial charge in [0.15, 0.2) is 5.82 Å². The smallest absolute Gasteiger partial charge is 0.257 e. The van der Waals surface area contributed by atoms with E-state index in [1.54, 1.807) is 0 Å². The Morgan fingerprint density at radius 3 is 3.00 bits per heavy atom. The minimum atomic E-state index is -0.591. The van der Waals surface area contributed by atoms with Gasteiger partial charge in [0.1, 0.15) is 0 Å². The minimum Gasteiger partial charge on any atom is -0.336 e. The molecule has 2 heterocycles. The first-order valence-corrected chi connectivity index (χ1v) is 4.57. The number of terminal acetylenes is 1. The molecule has 15 heavy (non-hydrogen) atoms. The number of carbonyl (C=O) groups is 1. The summed E-state index contributed by atoms with van der Waals surface area (Å²) in [6.45, 7) is 1.02. The third kappa shape index (κ3) is 1.68. The molecule has 3 nitrogen and oxygen atoms in total. The van der Waals surface area contributed by atoms with E-state index in [1.165, 1.54) is 17.2 Å². The average Bonchev–Trinajstić information content (AvgIpc) is 2.16. The topological polar surface area (TPSA) is 33.2 Å². The Morgan fingerprint density at radius 1 is 1.67 bits per heavy atom. The molecule has 1 fully saturated rings. The van der Waals surface area contributed by atoms with E-state index < -0.39 is 5.82 Å². The summed E-state index contributed by atoms with van der Waals surface area (Å²) in [5.74, 6) is 1.75. The molecule has 0 unspecified atom stereocenters. The molecule has 1 aromatic heterocycles. The van der Waals surface area contributed by atoms with Gasteiger partial charge in [-0.3, -0.25) is 9.78 Å². The van der Waals surface area contributed by atoms with Crippen molar-refractivity contribution in [2.75, 3.05) is 13.1 Å². The summed E-state index contributed by atoms with van der Waals surface area (Å²) in [6, 6.07) is 1.38. The number of amides is 1. The number of aromatic nitrogens is 1. The Kier molecular flexibility index (Phi) is 2.38. The molecule has 1 aliphatic rings. The quantitative estimate of drug-likeness (QED) is 0.637. The van der Waals surface area contributed by atoms with E-state index >= 15 is 0 Å². The van der Waals surface area contributed by atoms with Crippen LogP contribution in [0.3, 0.4) is 0 Å². The lowest BCUT2D eigenvalue weighted by molar-refractivity contribution is 0.0574. The van der Waals surface area contributed by atoms with E-state index in [9.17, 15) is 9.18 Å². The monoisotopic (exact) mass is 204 g/mol. The standard InChI is InChI=1S/C11H9FN2O/c1-2-8-6-14(7-8)11(15)9-3-4-13-5-10(9)12/h1,3-5,8H,6-7H2. The Morgan fingerprint density at radius 2 is 2.40 bits per heavy atom. The second-order valence-electron chi connectivity index (χ2n) is 3.43. The third-order valence-electron chi connectivity index (χ3n) is 2.41. The largest absolute Gasteiger partial charge is 0.336 e. The van der Waals surface area contributed by atoms with Crippen molar-refractivity contribution in [3.8, 4) is 12.3 Å². The number of nitrogens with zero attached hydrogens (tertiary/aromatic N) is 2. The molecular formula is C11H9FN2O. The van der Waals surface area contributed by atoms with E-state index in [4.69, 9.17) is 6.42 Å². The minimum absolute atomic E-state index is 0.0560. The molecule has 0 N–H and O–H groups in total. The average molecular weight is 204 g/mol. The number of likely N-dealkylation sites (tertiary alicyclic amines) is 1. The normalized spacial score (nSPS) is 15.6. The van der Waals surface area contributed by atoms with Crippen LogP contribution in [0.15, 0.2) is 18.5 Å². The van der Waals surface area contributed by atoms with Gasteiger partial charge in [0, 0.05) is 19.3 Å². The van der Waals surface area contributed by atoms with Crippen molar-refractivity contribution in [2.24, 2.45) is 5.92 Å². The molecule has 0 aliphatic carbocycles. The Bertz CT molecular complexity index is 432. The van der Waals surface area contributed by atoms with E-state index in [2.05, 4.69) is 10.9 Å². The predicted molar refractivity (Wildman–Crippen MR) is 52.4 cm³/mol. The molecule has 0 aromatic carbocycles. The van der Waals surface area contributed by atoms with Gasteiger partial charge in [-0.05, 0) is 6.07 Å². The second kappa shape index (κ2) is 3.70. The lowest BCUT2D eigenvalue weighted by atomic mass is 10.0. The summed E-state index contributed by atoms with van der Waals surface area (Å²) in [4.78, 5) is 16.8. The first-order valence-electron chi connectivity index (χ1n) is 4.57. The fourth-order valence-corrected chi connectivity index (χ4v) is 1.47. The molecule has 0 bridgehead atoms. The number of rotatable bonds is 1. The van der Waals surface area contributed by atoms with Crippen LogP contribution in [0.5, 0.6) is 0 Å². The molecule has 1 saturated heterocycles. The van der Waals surface area contributed by atoms with Gasteiger partial charge in [-0.1, -0.05) is 5.92 Å². The second-order valence-corrected chi connectivity index (χ2v) is 3.43. The zero-order chi connectivity index (χ0) is 10.8. The van der Waals surface area contributed by atoms with Crippen LogP contribution in [-0.4, -0.2) is 28.9 Å². The first-order chi connectivity index (χ1) is 7.22. The summed E-state index contributed by atoms with van der Waals surface area (Å²) in [7, 11) is 0. The van der Waals surface area contributed by atoms with E-state index in [0.29, 0.717) is 13.1 Å². The van der Waals surface area contributed by atoms with E-state index in [-0.39, 0.29) is 17.4 Å². The first kappa shape index (κ1) is 9.66. The molecule has 0 spiro atoms. The van der Waals surface area contributed by atoms with Crippen molar-refractivity contribution >= 4 is 5.91 Å². The summed E-state index contributed by atoms with van der Waals surface area (Å²) in [5.41, 5.74) is 0.0560. The number of halogens is 1. The number of hydrogen-bond donors (Lipinski definition) is 0. The Balaban J connectivity index is 2.11. The number of hydrogen-bond acceptors (Lipinski definition) is 2. The van der Waals surface area contributed by atoms with Crippen molar-refractivity contribution in [3.05, 3.63) is 29.8 Å². The Labute approximate surface area is 86.9 Å². The van der Waals surface area contributed by atoms with Crippen LogP contribution in [0.4, 0.5) is 4.39 Å². The molecule has 2 rings (SSSR count). The van der Waals surface area contributed by atoms with Crippen LogP contribution in [0.2, 0.25) is 0 Å². The van der Waals surface area contributed by atoms with Crippen LogP contribution >= 0.6 is 0 Å². The SMILES string of the molecule is C#CC1CN(C(=O)c2ccncc2F)C1. The molecule has 76 valence electrons. The van der Waals surface area contributed by atoms with Crippen LogP contribution in [-0.2, 0) is 0 Å². The van der Waals surface area contributed by atoms with Crippen molar-refractivity contribution in [3.63, 3.8) is 0 Å². The highest BCUT2D eigenvalue weighted by atomic mass is 19.1. The van der Waals surface area contributed by atoms with Gasteiger partial charge in [-0.15, -0.1) is 6.42 Å². The van der Waals surface area contributed by atoms with Crippen molar-refractivity contribution in [1.82, 2.24) is 9.88 Å². The van der Waals surface area contributed by atoms with Crippen molar-refractivity contribution in [2.45, 2.75) is 0 Å². The molecule has 4 heteroatoms. The van der Waals surface area contributed by atoms with Crippen molar-refractivity contribution in [1.29, 1.82) is 0 Å². The van der Waals surface area contributed by atoms with Crippen LogP contribution in [0.1, 0.15) is 10.4 Å². The fourth-order valence-electron chi connectivity index (χ4n) is 1.47. The van der Waals surface area contributed by atoms with Gasteiger partial charge in [0.05, 0.1) is 17.7 Å². The predicted octanol–water partition coefficient (Wildman–Crippen LogP) is 0.926. The van der Waals surface area contributed by atoms with Crippen LogP contribution in [0.25, 0.3) is 0 Å². The number of pyridine rings is 1. The van der Waals surface area contributed by atoms with Gasteiger partial charge in [0.2, 0.25) is 0 Å².